The van der Waals surface area contributed by atoms with Gasteiger partial charge >= 0.3 is 5.97 Å². The van der Waals surface area contributed by atoms with Gasteiger partial charge in [0.15, 0.2) is 6.10 Å². The fraction of sp³-hybridized carbons (Fsp3) is 0.385. The molecule has 0 aromatic heterocycles. The number of carbonyl (C=O) groups excluding carboxylic acids is 2. The Hall–Kier alpha value is -1.64. The highest BCUT2D eigenvalue weighted by Gasteiger charge is 2.59. The monoisotopic (exact) mass is 216 g/mol. The summed E-state index contributed by atoms with van der Waals surface area (Å²) in [4.78, 5) is 24.0. The predicted octanol–water partition coefficient (Wildman–Crippen LogP) is 1.70. The van der Waals surface area contributed by atoms with Crippen molar-refractivity contribution in [1.29, 1.82) is 0 Å². The van der Waals surface area contributed by atoms with Crippen LogP contribution in [0.3, 0.4) is 0 Å². The molecular formula is C13H12O3. The molecule has 1 fully saturated rings. The summed E-state index contributed by atoms with van der Waals surface area (Å²) in [5.74, 6) is -0.419. The highest BCUT2D eigenvalue weighted by molar-refractivity contribution is 6.09. The van der Waals surface area contributed by atoms with Crippen LogP contribution in [-0.4, -0.2) is 17.9 Å². The molecular weight excluding hydrogens is 204 g/mol. The van der Waals surface area contributed by atoms with Crippen LogP contribution in [0.15, 0.2) is 24.3 Å². The zero-order chi connectivity index (χ0) is 11.5. The molecule has 3 unspecified atom stereocenters. The minimum Gasteiger partial charge on any atom is -0.453 e. The molecule has 3 atom stereocenters. The lowest BCUT2D eigenvalue weighted by Gasteiger charge is -2.31. The van der Waals surface area contributed by atoms with Gasteiger partial charge in [0.2, 0.25) is 5.78 Å². The first-order chi connectivity index (χ1) is 7.56. The molecule has 3 nitrogen and oxygen atoms in total. The third-order valence-corrected chi connectivity index (χ3v) is 4.03. The summed E-state index contributed by atoms with van der Waals surface area (Å²) < 4.78 is 5.21. The summed E-state index contributed by atoms with van der Waals surface area (Å²) in [5.41, 5.74) is 0.792. The third kappa shape index (κ3) is 0.848. The van der Waals surface area contributed by atoms with Gasteiger partial charge in [-0.25, -0.2) is 0 Å². The van der Waals surface area contributed by atoms with Crippen LogP contribution >= 0.6 is 0 Å². The number of hydrogen-bond acceptors (Lipinski definition) is 3. The van der Waals surface area contributed by atoms with Gasteiger partial charge in [-0.05, 0) is 12.5 Å². The number of fused-ring (bicyclic) bond motifs is 4. The molecule has 0 N–H and O–H groups in total. The Morgan fingerprint density at radius 3 is 2.69 bits per heavy atom. The molecule has 0 amide bonds. The van der Waals surface area contributed by atoms with Crippen LogP contribution in [0.1, 0.15) is 29.8 Å². The first kappa shape index (κ1) is 9.58. The fourth-order valence-electron chi connectivity index (χ4n) is 2.77. The molecule has 1 aromatic carbocycles. The van der Waals surface area contributed by atoms with E-state index in [4.69, 9.17) is 4.74 Å². The summed E-state index contributed by atoms with van der Waals surface area (Å²) in [7, 11) is 0. The van der Waals surface area contributed by atoms with E-state index in [0.29, 0.717) is 5.56 Å². The van der Waals surface area contributed by atoms with E-state index < -0.39 is 11.5 Å². The molecule has 16 heavy (non-hydrogen) atoms. The van der Waals surface area contributed by atoms with Crippen LogP contribution in [-0.2, 0) is 14.9 Å². The summed E-state index contributed by atoms with van der Waals surface area (Å²) in [6.07, 6.45) is -0.590. The number of esters is 1. The van der Waals surface area contributed by atoms with Crippen molar-refractivity contribution in [3.63, 3.8) is 0 Å². The lowest BCUT2D eigenvalue weighted by molar-refractivity contribution is -0.143. The van der Waals surface area contributed by atoms with Crippen LogP contribution < -0.4 is 0 Å². The predicted molar refractivity (Wildman–Crippen MR) is 57.2 cm³/mol. The molecule has 3 heteroatoms. The number of benzene rings is 1. The number of Topliss-reactive ketones (excluding diaryl/α,β-unsaturated/α-hetero) is 1. The minimum absolute atomic E-state index is 0.0635. The van der Waals surface area contributed by atoms with E-state index in [1.165, 1.54) is 0 Å². The van der Waals surface area contributed by atoms with E-state index in [-0.39, 0.29) is 17.7 Å². The molecule has 1 heterocycles. The van der Waals surface area contributed by atoms with Gasteiger partial charge in [0.05, 0.1) is 5.41 Å². The topological polar surface area (TPSA) is 43.4 Å². The standard InChI is InChI=1S/C13H12O3/c1-7-11-10(14)8-5-3-4-6-9(8)13(7,2)12(15)16-11/h3-7,11H,1-2H3. The van der Waals surface area contributed by atoms with Crippen LogP contribution in [0.4, 0.5) is 0 Å². The van der Waals surface area contributed by atoms with Gasteiger partial charge in [0.1, 0.15) is 0 Å². The number of carbonyl (C=O) groups is 2. The van der Waals surface area contributed by atoms with Gasteiger partial charge in [-0.3, -0.25) is 9.59 Å². The van der Waals surface area contributed by atoms with E-state index in [2.05, 4.69) is 0 Å². The zero-order valence-corrected chi connectivity index (χ0v) is 9.19. The smallest absolute Gasteiger partial charge is 0.317 e. The van der Waals surface area contributed by atoms with Gasteiger partial charge in [-0.2, -0.15) is 0 Å². The Kier molecular flexibility index (Phi) is 1.63. The molecule has 2 bridgehead atoms. The van der Waals surface area contributed by atoms with Crippen LogP contribution in [0.2, 0.25) is 0 Å². The van der Waals surface area contributed by atoms with Crippen molar-refractivity contribution >= 4 is 11.8 Å². The molecule has 82 valence electrons. The Bertz CT molecular complexity index is 506. The van der Waals surface area contributed by atoms with Gasteiger partial charge in [-0.15, -0.1) is 0 Å². The molecule has 1 aliphatic heterocycles. The molecule has 0 spiro atoms. The van der Waals surface area contributed by atoms with Crippen molar-refractivity contribution in [2.24, 2.45) is 5.92 Å². The second-order valence-electron chi connectivity index (χ2n) is 4.73. The maximum absolute atomic E-state index is 12.1. The molecule has 3 rings (SSSR count). The summed E-state index contributed by atoms with van der Waals surface area (Å²) >= 11 is 0. The Balaban J connectivity index is 2.35. The van der Waals surface area contributed by atoms with Crippen molar-refractivity contribution in [3.8, 4) is 0 Å². The zero-order valence-electron chi connectivity index (χ0n) is 9.19. The Morgan fingerprint density at radius 1 is 1.25 bits per heavy atom. The molecule has 2 aliphatic rings. The van der Waals surface area contributed by atoms with E-state index in [0.717, 1.165) is 5.56 Å². The first-order valence-corrected chi connectivity index (χ1v) is 5.41. The second-order valence-corrected chi connectivity index (χ2v) is 4.73. The van der Waals surface area contributed by atoms with E-state index in [1.807, 2.05) is 32.0 Å². The number of ether oxygens (including phenoxy) is 1. The van der Waals surface area contributed by atoms with Crippen LogP contribution in [0.5, 0.6) is 0 Å². The average Bonchev–Trinajstić information content (AvgIpc) is 2.48. The maximum atomic E-state index is 12.1. The van der Waals surface area contributed by atoms with Crippen molar-refractivity contribution in [1.82, 2.24) is 0 Å². The van der Waals surface area contributed by atoms with Crippen molar-refractivity contribution in [3.05, 3.63) is 35.4 Å². The summed E-state index contributed by atoms with van der Waals surface area (Å²) in [6.45, 7) is 3.77. The lowest BCUT2D eigenvalue weighted by Crippen LogP contribution is -2.42. The van der Waals surface area contributed by atoms with Crippen LogP contribution in [0.25, 0.3) is 0 Å². The number of rotatable bonds is 0. The molecule has 0 saturated carbocycles. The molecule has 1 aromatic rings. The fourth-order valence-corrected chi connectivity index (χ4v) is 2.77. The Labute approximate surface area is 93.4 Å². The average molecular weight is 216 g/mol. The van der Waals surface area contributed by atoms with E-state index >= 15 is 0 Å². The lowest BCUT2D eigenvalue weighted by atomic mass is 9.65. The number of hydrogen-bond donors (Lipinski definition) is 0. The van der Waals surface area contributed by atoms with Gasteiger partial charge < -0.3 is 4.74 Å². The summed E-state index contributed by atoms with van der Waals surface area (Å²) in [5, 5.41) is 0. The highest BCUT2D eigenvalue weighted by atomic mass is 16.6. The van der Waals surface area contributed by atoms with E-state index in [9.17, 15) is 9.59 Å². The third-order valence-electron chi connectivity index (χ3n) is 4.03. The van der Waals surface area contributed by atoms with Crippen LogP contribution in [0, 0.1) is 5.92 Å². The molecule has 1 saturated heterocycles. The summed E-state index contributed by atoms with van der Waals surface area (Å²) in [6, 6.07) is 7.30. The molecule has 0 radical (unpaired) electrons. The van der Waals surface area contributed by atoms with Crippen molar-refractivity contribution < 1.29 is 14.3 Å². The van der Waals surface area contributed by atoms with Crippen molar-refractivity contribution in [2.45, 2.75) is 25.4 Å². The SMILES string of the molecule is CC1C2OC(=O)C1(C)c1ccccc1C2=O. The van der Waals surface area contributed by atoms with E-state index in [1.54, 1.807) is 6.07 Å². The van der Waals surface area contributed by atoms with Gasteiger partial charge in [-0.1, -0.05) is 31.2 Å². The highest BCUT2D eigenvalue weighted by Crippen LogP contribution is 2.48. The first-order valence-electron chi connectivity index (χ1n) is 5.41. The molecule has 1 aliphatic carbocycles. The van der Waals surface area contributed by atoms with Gasteiger partial charge in [0.25, 0.3) is 0 Å². The largest absolute Gasteiger partial charge is 0.453 e. The minimum atomic E-state index is -0.658. The quantitative estimate of drug-likeness (QED) is 0.620. The Morgan fingerprint density at radius 2 is 1.94 bits per heavy atom. The maximum Gasteiger partial charge on any atom is 0.317 e. The normalized spacial score (nSPS) is 35.9. The van der Waals surface area contributed by atoms with Gasteiger partial charge in [0, 0.05) is 11.5 Å². The van der Waals surface area contributed by atoms with Crippen molar-refractivity contribution in [2.75, 3.05) is 0 Å². The number of ketones is 1. The second kappa shape index (κ2) is 2.73.